The second kappa shape index (κ2) is 6.23. The minimum Gasteiger partial charge on any atom is -0.481 e. The maximum atomic E-state index is 10.6. The highest BCUT2D eigenvalue weighted by Gasteiger charge is 2.31. The van der Waals surface area contributed by atoms with E-state index >= 15 is 0 Å². The van der Waals surface area contributed by atoms with Gasteiger partial charge in [0, 0.05) is 38.8 Å². The summed E-state index contributed by atoms with van der Waals surface area (Å²) in [5.74, 6) is -0.683. The number of aliphatic carboxylic acids is 1. The highest BCUT2D eigenvalue weighted by atomic mass is 16.4. The zero-order chi connectivity index (χ0) is 13.9. The van der Waals surface area contributed by atoms with E-state index in [1.54, 1.807) is 0 Å². The fourth-order valence-electron chi connectivity index (χ4n) is 3.36. The Bertz CT molecular complexity index is 299. The summed E-state index contributed by atoms with van der Waals surface area (Å²) in [5, 5.41) is 8.71. The van der Waals surface area contributed by atoms with Crippen LogP contribution >= 0.6 is 0 Å². The summed E-state index contributed by atoms with van der Waals surface area (Å²) in [7, 11) is 0. The van der Waals surface area contributed by atoms with E-state index in [1.807, 2.05) is 0 Å². The summed E-state index contributed by atoms with van der Waals surface area (Å²) >= 11 is 0. The highest BCUT2D eigenvalue weighted by molar-refractivity contribution is 5.66. The molecule has 1 heterocycles. The molecule has 4 heteroatoms. The first-order chi connectivity index (χ1) is 8.96. The number of carboxylic acid groups (broad SMARTS) is 1. The average molecular weight is 268 g/mol. The van der Waals surface area contributed by atoms with Crippen molar-refractivity contribution in [3.63, 3.8) is 0 Å². The molecule has 110 valence electrons. The summed E-state index contributed by atoms with van der Waals surface area (Å²) < 4.78 is 0. The zero-order valence-corrected chi connectivity index (χ0v) is 12.4. The Hall–Kier alpha value is -0.610. The van der Waals surface area contributed by atoms with Gasteiger partial charge in [-0.1, -0.05) is 13.8 Å². The van der Waals surface area contributed by atoms with Crippen LogP contribution in [-0.4, -0.2) is 59.6 Å². The van der Waals surface area contributed by atoms with E-state index < -0.39 is 5.97 Å². The van der Waals surface area contributed by atoms with E-state index in [2.05, 4.69) is 23.6 Å². The molecule has 0 aromatic rings. The second-order valence-corrected chi connectivity index (χ2v) is 6.92. The minimum atomic E-state index is -0.683. The van der Waals surface area contributed by atoms with Gasteiger partial charge in [0.2, 0.25) is 0 Å². The SMILES string of the molecule is CC1(C)CCC(N2CCN(CCC(=O)O)CC2)CC1. The Morgan fingerprint density at radius 2 is 1.74 bits per heavy atom. The smallest absolute Gasteiger partial charge is 0.304 e. The Morgan fingerprint density at radius 1 is 1.16 bits per heavy atom. The van der Waals surface area contributed by atoms with Crippen LogP contribution in [0.2, 0.25) is 0 Å². The maximum Gasteiger partial charge on any atom is 0.304 e. The van der Waals surface area contributed by atoms with Crippen LogP contribution in [0.3, 0.4) is 0 Å². The predicted molar refractivity (Wildman–Crippen MR) is 76.3 cm³/mol. The van der Waals surface area contributed by atoms with Crippen LogP contribution in [-0.2, 0) is 4.79 Å². The molecule has 1 aliphatic carbocycles. The van der Waals surface area contributed by atoms with Crippen LogP contribution in [0.15, 0.2) is 0 Å². The highest BCUT2D eigenvalue weighted by Crippen LogP contribution is 2.37. The fraction of sp³-hybridized carbons (Fsp3) is 0.933. The Kier molecular flexibility index (Phi) is 4.85. The third-order valence-electron chi connectivity index (χ3n) is 4.87. The van der Waals surface area contributed by atoms with Gasteiger partial charge in [0.15, 0.2) is 0 Å². The van der Waals surface area contributed by atoms with Gasteiger partial charge in [-0.3, -0.25) is 9.69 Å². The largest absolute Gasteiger partial charge is 0.481 e. The van der Waals surface area contributed by atoms with Crippen LogP contribution in [0.1, 0.15) is 46.0 Å². The monoisotopic (exact) mass is 268 g/mol. The van der Waals surface area contributed by atoms with Gasteiger partial charge < -0.3 is 10.0 Å². The van der Waals surface area contributed by atoms with Gasteiger partial charge in [-0.2, -0.15) is 0 Å². The summed E-state index contributed by atoms with van der Waals surface area (Å²) in [6, 6.07) is 0.773. The summed E-state index contributed by atoms with van der Waals surface area (Å²) in [6.07, 6.45) is 5.63. The number of carboxylic acids is 1. The molecule has 19 heavy (non-hydrogen) atoms. The molecule has 0 aromatic heterocycles. The lowest BCUT2D eigenvalue weighted by Gasteiger charge is -2.43. The molecular formula is C15H28N2O2. The summed E-state index contributed by atoms with van der Waals surface area (Å²) in [6.45, 7) is 9.77. The van der Waals surface area contributed by atoms with Crippen molar-refractivity contribution in [2.75, 3.05) is 32.7 Å². The third-order valence-corrected chi connectivity index (χ3v) is 4.87. The molecule has 0 aromatic carbocycles. The van der Waals surface area contributed by atoms with Gasteiger partial charge >= 0.3 is 5.97 Å². The molecular weight excluding hydrogens is 240 g/mol. The van der Waals surface area contributed by atoms with Crippen molar-refractivity contribution in [2.45, 2.75) is 52.0 Å². The number of nitrogens with zero attached hydrogens (tertiary/aromatic N) is 2. The van der Waals surface area contributed by atoms with Crippen molar-refractivity contribution in [1.82, 2.24) is 9.80 Å². The van der Waals surface area contributed by atoms with Gasteiger partial charge in [-0.25, -0.2) is 0 Å². The molecule has 2 fully saturated rings. The number of hydrogen-bond acceptors (Lipinski definition) is 3. The molecule has 1 N–H and O–H groups in total. The van der Waals surface area contributed by atoms with Crippen molar-refractivity contribution in [2.24, 2.45) is 5.41 Å². The fourth-order valence-corrected chi connectivity index (χ4v) is 3.36. The quantitative estimate of drug-likeness (QED) is 0.847. The predicted octanol–water partition coefficient (Wildman–Crippen LogP) is 2.05. The van der Waals surface area contributed by atoms with Gasteiger partial charge in [-0.05, 0) is 31.1 Å². The lowest BCUT2D eigenvalue weighted by molar-refractivity contribution is -0.137. The van der Waals surface area contributed by atoms with Gasteiger partial charge in [0.1, 0.15) is 0 Å². The molecule has 0 atom stereocenters. The van der Waals surface area contributed by atoms with E-state index in [9.17, 15) is 4.79 Å². The van der Waals surface area contributed by atoms with E-state index in [-0.39, 0.29) is 6.42 Å². The molecule has 2 aliphatic rings. The van der Waals surface area contributed by atoms with Crippen molar-refractivity contribution >= 4 is 5.97 Å². The molecule has 0 spiro atoms. The lowest BCUT2D eigenvalue weighted by atomic mass is 9.75. The standard InChI is InChI=1S/C15H28N2O2/c1-15(2)6-3-13(4-7-15)17-11-9-16(10-12-17)8-5-14(18)19/h13H,3-12H2,1-2H3,(H,18,19). The molecule has 1 aliphatic heterocycles. The van der Waals surface area contributed by atoms with E-state index in [0.717, 1.165) is 32.2 Å². The Morgan fingerprint density at radius 3 is 2.26 bits per heavy atom. The maximum absolute atomic E-state index is 10.6. The topological polar surface area (TPSA) is 43.8 Å². The van der Waals surface area contributed by atoms with Crippen LogP contribution in [0.25, 0.3) is 0 Å². The molecule has 1 saturated carbocycles. The Balaban J connectivity index is 1.70. The van der Waals surface area contributed by atoms with Crippen LogP contribution < -0.4 is 0 Å². The normalized spacial score (nSPS) is 26.4. The van der Waals surface area contributed by atoms with Crippen molar-refractivity contribution in [3.05, 3.63) is 0 Å². The number of rotatable bonds is 4. The summed E-state index contributed by atoms with van der Waals surface area (Å²) in [4.78, 5) is 15.5. The third kappa shape index (κ3) is 4.46. The van der Waals surface area contributed by atoms with Gasteiger partial charge in [0.05, 0.1) is 6.42 Å². The Labute approximate surface area is 116 Å². The van der Waals surface area contributed by atoms with E-state index in [0.29, 0.717) is 12.0 Å². The van der Waals surface area contributed by atoms with Crippen molar-refractivity contribution in [3.8, 4) is 0 Å². The first-order valence-corrected chi connectivity index (χ1v) is 7.64. The first-order valence-electron chi connectivity index (χ1n) is 7.64. The molecule has 2 rings (SSSR count). The van der Waals surface area contributed by atoms with Crippen LogP contribution in [0, 0.1) is 5.41 Å². The van der Waals surface area contributed by atoms with Crippen LogP contribution in [0.4, 0.5) is 0 Å². The van der Waals surface area contributed by atoms with E-state index in [4.69, 9.17) is 5.11 Å². The molecule has 0 amide bonds. The van der Waals surface area contributed by atoms with Gasteiger partial charge in [0.25, 0.3) is 0 Å². The van der Waals surface area contributed by atoms with Crippen molar-refractivity contribution < 1.29 is 9.90 Å². The summed E-state index contributed by atoms with van der Waals surface area (Å²) in [5.41, 5.74) is 0.541. The second-order valence-electron chi connectivity index (χ2n) is 6.92. The minimum absolute atomic E-state index is 0.275. The number of carbonyl (C=O) groups is 1. The van der Waals surface area contributed by atoms with Crippen LogP contribution in [0.5, 0.6) is 0 Å². The van der Waals surface area contributed by atoms with Gasteiger partial charge in [-0.15, -0.1) is 0 Å². The molecule has 0 bridgehead atoms. The molecule has 4 nitrogen and oxygen atoms in total. The zero-order valence-electron chi connectivity index (χ0n) is 12.4. The average Bonchev–Trinajstić information content (AvgIpc) is 2.37. The molecule has 0 unspecified atom stereocenters. The number of piperazine rings is 1. The van der Waals surface area contributed by atoms with Crippen molar-refractivity contribution in [1.29, 1.82) is 0 Å². The first kappa shape index (κ1) is 14.8. The van der Waals surface area contributed by atoms with E-state index in [1.165, 1.54) is 25.7 Å². The molecule has 1 saturated heterocycles. The number of hydrogen-bond donors (Lipinski definition) is 1. The molecule has 0 radical (unpaired) electrons. The lowest BCUT2D eigenvalue weighted by Crippen LogP contribution is -2.51.